The van der Waals surface area contributed by atoms with Crippen LogP contribution in [-0.2, 0) is 14.3 Å². The van der Waals surface area contributed by atoms with Crippen molar-refractivity contribution >= 4 is 29.1 Å². The van der Waals surface area contributed by atoms with Crippen molar-refractivity contribution in [2.75, 3.05) is 20.3 Å². The van der Waals surface area contributed by atoms with Crippen LogP contribution in [0.25, 0.3) is 5.76 Å². The summed E-state index contributed by atoms with van der Waals surface area (Å²) in [5.41, 5.74) is 0.895. The molecular formula is C21H20ClNO5. The van der Waals surface area contributed by atoms with E-state index in [0.717, 1.165) is 0 Å². The molecule has 1 heterocycles. The van der Waals surface area contributed by atoms with Crippen LogP contribution in [0.1, 0.15) is 23.6 Å². The lowest BCUT2D eigenvalue weighted by atomic mass is 9.95. The normalized spacial score (nSPS) is 18.6. The Morgan fingerprint density at radius 1 is 1.18 bits per heavy atom. The summed E-state index contributed by atoms with van der Waals surface area (Å²) in [7, 11) is 1.56. The van der Waals surface area contributed by atoms with Crippen LogP contribution in [-0.4, -0.2) is 47.1 Å². The van der Waals surface area contributed by atoms with E-state index < -0.39 is 17.7 Å². The Morgan fingerprint density at radius 2 is 1.89 bits per heavy atom. The first-order valence-electron chi connectivity index (χ1n) is 8.76. The van der Waals surface area contributed by atoms with Gasteiger partial charge in [0.15, 0.2) is 0 Å². The molecule has 0 saturated carbocycles. The molecule has 1 aliphatic heterocycles. The minimum Gasteiger partial charge on any atom is -0.508 e. The number of Topliss-reactive ketones (excluding diaryl/α,β-unsaturated/α-hetero) is 1. The van der Waals surface area contributed by atoms with Crippen molar-refractivity contribution in [3.05, 3.63) is 70.3 Å². The van der Waals surface area contributed by atoms with E-state index in [1.54, 1.807) is 43.5 Å². The topological polar surface area (TPSA) is 87.1 Å². The number of ether oxygens (including phenoxy) is 1. The van der Waals surface area contributed by atoms with Crippen molar-refractivity contribution in [1.82, 2.24) is 4.90 Å². The third kappa shape index (κ3) is 3.88. The number of likely N-dealkylation sites (tertiary alicyclic amines) is 1. The third-order valence-electron chi connectivity index (χ3n) is 4.59. The number of carbonyl (C=O) groups is 2. The number of ketones is 1. The molecule has 1 fully saturated rings. The van der Waals surface area contributed by atoms with E-state index in [2.05, 4.69) is 0 Å². The molecule has 0 bridgehead atoms. The SMILES string of the molecule is COCCCN1C(=O)C(=O)/C(=C(/O)c2ccc(Cl)cc2)[C@@H]1c1cccc(O)c1. The van der Waals surface area contributed by atoms with Gasteiger partial charge in [-0.05, 0) is 48.4 Å². The second kappa shape index (κ2) is 8.46. The minimum atomic E-state index is -0.806. The summed E-state index contributed by atoms with van der Waals surface area (Å²) in [5.74, 6) is -1.73. The van der Waals surface area contributed by atoms with Gasteiger partial charge in [0.1, 0.15) is 11.5 Å². The summed E-state index contributed by atoms with van der Waals surface area (Å²) in [4.78, 5) is 26.8. The van der Waals surface area contributed by atoms with Gasteiger partial charge >= 0.3 is 0 Å². The van der Waals surface area contributed by atoms with Crippen molar-refractivity contribution in [2.24, 2.45) is 0 Å². The van der Waals surface area contributed by atoms with Gasteiger partial charge in [0.2, 0.25) is 0 Å². The number of aliphatic hydroxyl groups is 1. The molecule has 1 amide bonds. The second-order valence-corrected chi connectivity index (χ2v) is 6.88. The predicted octanol–water partition coefficient (Wildman–Crippen LogP) is 3.50. The number of benzene rings is 2. The molecule has 1 saturated heterocycles. The molecule has 0 spiro atoms. The van der Waals surface area contributed by atoms with Crippen molar-refractivity contribution in [2.45, 2.75) is 12.5 Å². The molecular weight excluding hydrogens is 382 g/mol. The Morgan fingerprint density at radius 3 is 2.54 bits per heavy atom. The maximum Gasteiger partial charge on any atom is 0.295 e. The van der Waals surface area contributed by atoms with Gasteiger partial charge in [-0.1, -0.05) is 23.7 Å². The van der Waals surface area contributed by atoms with Gasteiger partial charge < -0.3 is 19.8 Å². The highest BCUT2D eigenvalue weighted by atomic mass is 35.5. The number of methoxy groups -OCH3 is 1. The summed E-state index contributed by atoms with van der Waals surface area (Å²) in [6.45, 7) is 0.697. The van der Waals surface area contributed by atoms with E-state index >= 15 is 0 Å². The lowest BCUT2D eigenvalue weighted by molar-refractivity contribution is -0.140. The molecule has 6 nitrogen and oxygen atoms in total. The number of rotatable bonds is 6. The lowest BCUT2D eigenvalue weighted by Crippen LogP contribution is -2.31. The lowest BCUT2D eigenvalue weighted by Gasteiger charge is -2.25. The summed E-state index contributed by atoms with van der Waals surface area (Å²) in [5, 5.41) is 21.2. The van der Waals surface area contributed by atoms with Crippen LogP contribution >= 0.6 is 11.6 Å². The summed E-state index contributed by atoms with van der Waals surface area (Å²) in [6, 6.07) is 11.8. The molecule has 0 aromatic heterocycles. The van der Waals surface area contributed by atoms with E-state index in [1.807, 2.05) is 0 Å². The molecule has 146 valence electrons. The quantitative estimate of drug-likeness (QED) is 0.335. The fraction of sp³-hybridized carbons (Fsp3) is 0.238. The van der Waals surface area contributed by atoms with Crippen LogP contribution in [0.15, 0.2) is 54.1 Å². The molecule has 2 aromatic rings. The number of carbonyl (C=O) groups excluding carboxylic acids is 2. The van der Waals surface area contributed by atoms with Crippen molar-refractivity contribution in [3.8, 4) is 5.75 Å². The van der Waals surface area contributed by atoms with Gasteiger partial charge in [0.25, 0.3) is 11.7 Å². The number of aromatic hydroxyl groups is 1. The number of nitrogens with zero attached hydrogens (tertiary/aromatic N) is 1. The maximum atomic E-state index is 12.8. The van der Waals surface area contributed by atoms with E-state index in [-0.39, 0.29) is 23.6 Å². The zero-order valence-corrected chi connectivity index (χ0v) is 16.0. The largest absolute Gasteiger partial charge is 0.508 e. The first-order chi connectivity index (χ1) is 13.4. The Hall–Kier alpha value is -2.83. The number of phenols is 1. The summed E-state index contributed by atoms with van der Waals surface area (Å²) in [6.07, 6.45) is 0.528. The second-order valence-electron chi connectivity index (χ2n) is 6.44. The van der Waals surface area contributed by atoms with Gasteiger partial charge in [-0.3, -0.25) is 9.59 Å². The van der Waals surface area contributed by atoms with E-state index in [1.165, 1.54) is 17.0 Å². The Balaban J connectivity index is 2.12. The number of hydrogen-bond acceptors (Lipinski definition) is 5. The fourth-order valence-electron chi connectivity index (χ4n) is 3.29. The zero-order valence-electron chi connectivity index (χ0n) is 15.3. The first-order valence-corrected chi connectivity index (χ1v) is 9.14. The minimum absolute atomic E-state index is 0.00599. The monoisotopic (exact) mass is 401 g/mol. The molecule has 28 heavy (non-hydrogen) atoms. The van der Waals surface area contributed by atoms with Gasteiger partial charge in [-0.2, -0.15) is 0 Å². The molecule has 2 N–H and O–H groups in total. The number of aliphatic hydroxyl groups excluding tert-OH is 1. The standard InChI is InChI=1S/C21H20ClNO5/c1-28-11-3-10-23-18(14-4-2-5-16(24)12-14)17(20(26)21(23)27)19(25)13-6-8-15(22)9-7-13/h2,4-9,12,18,24-25H,3,10-11H2,1H3/b19-17+/t18-/m0/s1. The average molecular weight is 402 g/mol. The Bertz CT molecular complexity index is 923. The molecule has 0 aliphatic carbocycles. The highest BCUT2D eigenvalue weighted by Gasteiger charge is 2.45. The molecule has 2 aromatic carbocycles. The smallest absolute Gasteiger partial charge is 0.295 e. The van der Waals surface area contributed by atoms with Gasteiger partial charge in [0.05, 0.1) is 11.6 Å². The third-order valence-corrected chi connectivity index (χ3v) is 4.84. The Labute approximate surface area is 167 Å². The number of amides is 1. The number of hydrogen-bond donors (Lipinski definition) is 2. The number of phenolic OH excluding ortho intramolecular Hbond substituents is 1. The van der Waals surface area contributed by atoms with Crippen LogP contribution in [0.4, 0.5) is 0 Å². The van der Waals surface area contributed by atoms with Crippen LogP contribution < -0.4 is 0 Å². The van der Waals surface area contributed by atoms with Gasteiger partial charge in [-0.25, -0.2) is 0 Å². The fourth-order valence-corrected chi connectivity index (χ4v) is 3.42. The van der Waals surface area contributed by atoms with Gasteiger partial charge in [0, 0.05) is 30.8 Å². The van der Waals surface area contributed by atoms with E-state index in [9.17, 15) is 19.8 Å². The average Bonchev–Trinajstić information content (AvgIpc) is 2.93. The van der Waals surface area contributed by atoms with E-state index in [0.29, 0.717) is 29.2 Å². The van der Waals surface area contributed by atoms with Crippen LogP contribution in [0.5, 0.6) is 5.75 Å². The molecule has 0 radical (unpaired) electrons. The molecule has 3 rings (SSSR count). The van der Waals surface area contributed by atoms with E-state index in [4.69, 9.17) is 16.3 Å². The highest BCUT2D eigenvalue weighted by Crippen LogP contribution is 2.40. The Kier molecular flexibility index (Phi) is 6.02. The first kappa shape index (κ1) is 19.9. The number of halogens is 1. The zero-order chi connectivity index (χ0) is 20.3. The summed E-state index contributed by atoms with van der Waals surface area (Å²) >= 11 is 5.90. The molecule has 7 heteroatoms. The summed E-state index contributed by atoms with van der Waals surface area (Å²) < 4.78 is 5.04. The van der Waals surface area contributed by atoms with Crippen LogP contribution in [0, 0.1) is 0 Å². The van der Waals surface area contributed by atoms with Gasteiger partial charge in [-0.15, -0.1) is 0 Å². The maximum absolute atomic E-state index is 12.8. The van der Waals surface area contributed by atoms with Crippen molar-refractivity contribution in [3.63, 3.8) is 0 Å². The molecule has 1 atom stereocenters. The van der Waals surface area contributed by atoms with Crippen molar-refractivity contribution in [1.29, 1.82) is 0 Å². The highest BCUT2D eigenvalue weighted by molar-refractivity contribution is 6.46. The molecule has 0 unspecified atom stereocenters. The van der Waals surface area contributed by atoms with Crippen molar-refractivity contribution < 1.29 is 24.5 Å². The van der Waals surface area contributed by atoms with Crippen LogP contribution in [0.2, 0.25) is 5.02 Å². The predicted molar refractivity (Wildman–Crippen MR) is 105 cm³/mol. The van der Waals surface area contributed by atoms with Crippen LogP contribution in [0.3, 0.4) is 0 Å². The molecule has 1 aliphatic rings.